The quantitative estimate of drug-likeness (QED) is 0.244. The number of benzene rings is 3. The van der Waals surface area contributed by atoms with Gasteiger partial charge >= 0.3 is 258 Å². The molecule has 0 spiro atoms. The number of fused-ring (bicyclic) bond motifs is 4. The van der Waals surface area contributed by atoms with Crippen molar-refractivity contribution in [1.82, 2.24) is 0 Å². The normalized spacial score (nSPS) is 20.4. The number of allylic oxidation sites excluding steroid dienone is 4. The van der Waals surface area contributed by atoms with Crippen LogP contribution in [0.1, 0.15) is 80.7 Å². The van der Waals surface area contributed by atoms with Gasteiger partial charge in [-0.05, 0) is 0 Å². The molecular formula is C39H52Cl2OSiTi. The van der Waals surface area contributed by atoms with Gasteiger partial charge in [-0.2, -0.15) is 0 Å². The van der Waals surface area contributed by atoms with E-state index < -0.39 is 14.4 Å². The van der Waals surface area contributed by atoms with E-state index >= 15 is 0 Å². The second-order valence-corrected chi connectivity index (χ2v) is 32.3. The Morgan fingerprint density at radius 1 is 0.864 bits per heavy atom. The minimum Gasteiger partial charge on any atom is -0.147 e. The fourth-order valence-corrected chi connectivity index (χ4v) is 17.8. The van der Waals surface area contributed by atoms with Crippen molar-refractivity contribution in [3.05, 3.63) is 99.5 Å². The molecule has 0 fully saturated rings. The summed E-state index contributed by atoms with van der Waals surface area (Å²) in [5.41, 5.74) is 8.16. The van der Waals surface area contributed by atoms with E-state index in [2.05, 4.69) is 143 Å². The van der Waals surface area contributed by atoms with Crippen molar-refractivity contribution < 1.29 is 17.7 Å². The molecule has 3 aliphatic carbocycles. The van der Waals surface area contributed by atoms with Crippen LogP contribution in [-0.4, -0.2) is 7.63 Å². The molecule has 3 aromatic carbocycles. The Labute approximate surface area is 281 Å². The van der Waals surface area contributed by atoms with Gasteiger partial charge in [0.05, 0.1) is 0 Å². The van der Waals surface area contributed by atoms with E-state index in [0.717, 1.165) is 21.6 Å². The molecule has 0 heterocycles. The molecule has 5 heteroatoms. The van der Waals surface area contributed by atoms with Gasteiger partial charge in [0.1, 0.15) is 0 Å². The Hall–Kier alpha value is -1.55. The summed E-state index contributed by atoms with van der Waals surface area (Å²) in [5.74, 6) is 1.06. The molecule has 6 rings (SSSR count). The van der Waals surface area contributed by atoms with E-state index in [0.29, 0.717) is 4.22 Å². The van der Waals surface area contributed by atoms with Crippen LogP contribution in [0.4, 0.5) is 0 Å². The first-order valence-corrected chi connectivity index (χ1v) is 23.9. The summed E-state index contributed by atoms with van der Waals surface area (Å²) < 4.78 is 10.3. The Morgan fingerprint density at radius 3 is 2.16 bits per heavy atom. The molecule has 236 valence electrons. The minimum atomic E-state index is -3.80. The molecule has 0 aliphatic heterocycles. The third-order valence-electron chi connectivity index (χ3n) is 11.0. The first-order valence-electron chi connectivity index (χ1n) is 16.2. The van der Waals surface area contributed by atoms with Crippen molar-refractivity contribution in [3.63, 3.8) is 0 Å². The summed E-state index contributed by atoms with van der Waals surface area (Å²) in [4.78, 5) is 0. The summed E-state index contributed by atoms with van der Waals surface area (Å²) in [7, 11) is 2.32. The van der Waals surface area contributed by atoms with E-state index in [9.17, 15) is 0 Å². The average molecular weight is 684 g/mol. The van der Waals surface area contributed by atoms with Crippen LogP contribution in [0, 0.1) is 10.8 Å². The molecule has 3 aliphatic rings. The van der Waals surface area contributed by atoms with Crippen LogP contribution in [0.25, 0.3) is 22.4 Å². The van der Waals surface area contributed by atoms with Gasteiger partial charge in [0.25, 0.3) is 0 Å². The van der Waals surface area contributed by atoms with Gasteiger partial charge in [0, 0.05) is 0 Å². The zero-order valence-electron chi connectivity index (χ0n) is 28.3. The predicted molar refractivity (Wildman–Crippen MR) is 196 cm³/mol. The SMILES string of the molecule is C[CH2][Ti](=[SiH2])([CH2]C)([O]c1ccc2ccccc2c1)[CH]1C2=CC(C)(C)CCC2=C2C1=c1ccc(C(C)(C)C)cc1=CC2(C)C.Cl.Cl. The van der Waals surface area contributed by atoms with Crippen molar-refractivity contribution in [3.8, 4) is 5.75 Å². The molecule has 0 saturated carbocycles. The molecular weight excluding hydrogens is 631 g/mol. The van der Waals surface area contributed by atoms with Crippen molar-refractivity contribution in [1.29, 1.82) is 0 Å². The molecule has 0 bridgehead atoms. The predicted octanol–water partition coefficient (Wildman–Crippen LogP) is 9.91. The van der Waals surface area contributed by atoms with E-state index in [1.807, 2.05) is 0 Å². The smallest absolute Gasteiger partial charge is 0.147 e. The zero-order chi connectivity index (χ0) is 30.3. The maximum atomic E-state index is 7.71. The zero-order valence-corrected chi connectivity index (χ0v) is 32.9. The fraction of sp³-hybridized carbons (Fsp3) is 0.436. The van der Waals surface area contributed by atoms with Crippen LogP contribution < -0.4 is 13.8 Å². The van der Waals surface area contributed by atoms with E-state index in [1.165, 1.54) is 33.2 Å². The van der Waals surface area contributed by atoms with Gasteiger partial charge in [0.15, 0.2) is 0 Å². The summed E-state index contributed by atoms with van der Waals surface area (Å²) in [6.07, 6.45) is 7.63. The van der Waals surface area contributed by atoms with Crippen molar-refractivity contribution >= 4 is 54.9 Å². The molecule has 0 aromatic heterocycles. The third-order valence-corrected chi connectivity index (χ3v) is 27.1. The van der Waals surface area contributed by atoms with Gasteiger partial charge in [0.2, 0.25) is 0 Å². The van der Waals surface area contributed by atoms with Crippen LogP contribution >= 0.6 is 24.8 Å². The van der Waals surface area contributed by atoms with E-state index in [1.54, 1.807) is 22.3 Å². The van der Waals surface area contributed by atoms with Gasteiger partial charge in [-0.3, -0.25) is 0 Å². The average Bonchev–Trinajstić information content (AvgIpc) is 3.28. The number of halogens is 2. The first kappa shape index (κ1) is 35.3. The van der Waals surface area contributed by atoms with E-state index in [-0.39, 0.29) is 41.1 Å². The number of rotatable bonds is 5. The second-order valence-electron chi connectivity index (χ2n) is 15.9. The molecule has 0 N–H and O–H groups in total. The number of hydrogen-bond acceptors (Lipinski definition) is 1. The monoisotopic (exact) mass is 682 g/mol. The Kier molecular flexibility index (Phi) is 9.31. The maximum Gasteiger partial charge on any atom is -0.147 e. The number of hydrogen-bond donors (Lipinski definition) is 0. The molecule has 0 radical (unpaired) electrons. The van der Waals surface area contributed by atoms with Gasteiger partial charge < -0.3 is 0 Å². The van der Waals surface area contributed by atoms with Crippen molar-refractivity contribution in [2.45, 2.75) is 94.2 Å². The van der Waals surface area contributed by atoms with Crippen LogP contribution in [0.5, 0.6) is 5.75 Å². The molecule has 1 atom stereocenters. The molecule has 1 unspecified atom stereocenters. The summed E-state index contributed by atoms with van der Waals surface area (Å²) in [6.45, 7) is 21.7. The second kappa shape index (κ2) is 11.6. The Morgan fingerprint density at radius 2 is 1.52 bits per heavy atom. The third kappa shape index (κ3) is 5.66. The summed E-state index contributed by atoms with van der Waals surface area (Å²) in [6, 6.07) is 22.8. The van der Waals surface area contributed by atoms with Gasteiger partial charge in [-0.1, -0.05) is 0 Å². The molecule has 0 amide bonds. The van der Waals surface area contributed by atoms with Crippen molar-refractivity contribution in [2.24, 2.45) is 10.8 Å². The standard InChI is InChI=1S/C25H31.C10H8O.2C2H5.2ClH.H2Si.Ti/c1-23(2,3)18-8-9-19-16(12-18)15-25(6,7)22-20-10-11-24(4,5)14-17(20)13-21(19)22;11-10-6-5-8-3-1-2-4-9(8)7-10;2*1-2;;;;/h8-9,12-15H,10-11H2,1-7H3;1-7,11H;2*1H2,2H3;2*1H;1H2;/q;;;;;;;+1/p-1. The molecule has 0 saturated heterocycles. The molecule has 1 nitrogen and oxygen atoms in total. The van der Waals surface area contributed by atoms with Gasteiger partial charge in [-0.15, -0.1) is 24.8 Å². The Bertz CT molecular complexity index is 1880. The van der Waals surface area contributed by atoms with Gasteiger partial charge in [-0.25, -0.2) is 0 Å². The minimum absolute atomic E-state index is 0. The summed E-state index contributed by atoms with van der Waals surface area (Å²) in [5, 5.41) is 5.40. The maximum absolute atomic E-state index is 7.71. The Balaban J connectivity index is 0.00000221. The largest absolute Gasteiger partial charge is 0.147 e. The van der Waals surface area contributed by atoms with Crippen LogP contribution in [0.3, 0.4) is 0 Å². The topological polar surface area (TPSA) is 9.23 Å². The van der Waals surface area contributed by atoms with Crippen LogP contribution in [-0.2, 0) is 19.8 Å². The molecule has 3 aromatic rings. The fourth-order valence-electron chi connectivity index (χ4n) is 8.21. The van der Waals surface area contributed by atoms with Crippen LogP contribution in [0.2, 0.25) is 13.7 Å². The van der Waals surface area contributed by atoms with E-state index in [4.69, 9.17) is 3.32 Å². The first-order chi connectivity index (χ1) is 19.6. The molecule has 44 heavy (non-hydrogen) atoms. The van der Waals surface area contributed by atoms with Crippen molar-refractivity contribution in [2.75, 3.05) is 0 Å². The van der Waals surface area contributed by atoms with Crippen LogP contribution in [0.15, 0.2) is 83.5 Å². The summed E-state index contributed by atoms with van der Waals surface area (Å²) >= 11 is -3.80.